The van der Waals surface area contributed by atoms with Gasteiger partial charge in [0.15, 0.2) is 0 Å². The normalized spacial score (nSPS) is 15.2. The van der Waals surface area contributed by atoms with Crippen LogP contribution in [0.1, 0.15) is 17.7 Å². The molecule has 1 aliphatic heterocycles. The van der Waals surface area contributed by atoms with E-state index in [1.165, 1.54) is 15.0 Å². The first-order chi connectivity index (χ1) is 7.93. The van der Waals surface area contributed by atoms with E-state index in [4.69, 9.17) is 0 Å². The molecule has 1 aliphatic rings. The van der Waals surface area contributed by atoms with E-state index >= 15 is 0 Å². The minimum atomic E-state index is 0. The summed E-state index contributed by atoms with van der Waals surface area (Å²) < 4.78 is 1.29. The summed E-state index contributed by atoms with van der Waals surface area (Å²) in [6, 6.07) is 11.8. The van der Waals surface area contributed by atoms with Crippen LogP contribution in [-0.2, 0) is 20.1 Å². The number of benzene rings is 1. The Labute approximate surface area is 119 Å². The molecule has 1 aromatic heterocycles. The van der Waals surface area contributed by atoms with E-state index in [0.29, 0.717) is 0 Å². The van der Waals surface area contributed by atoms with Crippen LogP contribution < -0.4 is 0 Å². The minimum absolute atomic E-state index is 0. The number of aliphatic imine (C=N–C) groups is 1. The second-order valence-corrected chi connectivity index (χ2v) is 4.92. The smallest absolute Gasteiger partial charge is 0.0292 e. The summed E-state index contributed by atoms with van der Waals surface area (Å²) >= 11 is 1.78. The van der Waals surface area contributed by atoms with Crippen molar-refractivity contribution >= 4 is 27.1 Å². The van der Waals surface area contributed by atoms with E-state index in [1.807, 2.05) is 0 Å². The van der Waals surface area contributed by atoms with Crippen LogP contribution in [0.25, 0.3) is 10.1 Å². The zero-order valence-corrected chi connectivity index (χ0v) is 12.5. The van der Waals surface area contributed by atoms with E-state index in [-0.39, 0.29) is 20.1 Å². The molecule has 1 radical (unpaired) electrons. The van der Waals surface area contributed by atoms with Crippen molar-refractivity contribution < 1.29 is 20.1 Å². The summed E-state index contributed by atoms with van der Waals surface area (Å²) in [6.07, 6.45) is 6.64. The van der Waals surface area contributed by atoms with Gasteiger partial charge in [0.05, 0.1) is 0 Å². The Morgan fingerprint density at radius 1 is 1.24 bits per heavy atom. The molecule has 17 heavy (non-hydrogen) atoms. The molecule has 0 fully saturated rings. The molecular weight excluding hydrogens is 406 g/mol. The summed E-state index contributed by atoms with van der Waals surface area (Å²) in [6.45, 7) is 0.935. The molecule has 0 bridgehead atoms. The fourth-order valence-corrected chi connectivity index (χ4v) is 2.83. The van der Waals surface area contributed by atoms with Crippen LogP contribution in [-0.4, -0.2) is 12.3 Å². The van der Waals surface area contributed by atoms with Crippen LogP contribution >= 0.6 is 11.3 Å². The average molecular weight is 419 g/mol. The van der Waals surface area contributed by atoms with Crippen molar-refractivity contribution in [1.29, 1.82) is 0 Å². The van der Waals surface area contributed by atoms with Crippen molar-refractivity contribution in [1.82, 2.24) is 0 Å². The van der Waals surface area contributed by atoms with E-state index in [2.05, 4.69) is 47.5 Å². The topological polar surface area (TPSA) is 12.4 Å². The van der Waals surface area contributed by atoms with Crippen molar-refractivity contribution in [3.05, 3.63) is 47.4 Å². The van der Waals surface area contributed by atoms with E-state index in [0.717, 1.165) is 25.1 Å². The first-order valence-electron chi connectivity index (χ1n) is 5.56. The van der Waals surface area contributed by atoms with Gasteiger partial charge in [0, 0.05) is 32.4 Å². The standard InChI is InChI=1S/C14H12NS.Ir/c1-2-7-12(15-9-5-1)14-10-11-6-3-4-8-13(11)16-14;/h2-4,6-8H,1,5,9H2;/q-1;. The van der Waals surface area contributed by atoms with Gasteiger partial charge in [0.1, 0.15) is 0 Å². The monoisotopic (exact) mass is 419 g/mol. The zero-order chi connectivity index (χ0) is 10.8. The van der Waals surface area contributed by atoms with Crippen LogP contribution in [0.2, 0.25) is 0 Å². The Kier molecular flexibility index (Phi) is 4.27. The molecule has 0 saturated carbocycles. The van der Waals surface area contributed by atoms with Crippen LogP contribution in [0.15, 0.2) is 41.4 Å². The van der Waals surface area contributed by atoms with Gasteiger partial charge in [-0.1, -0.05) is 24.3 Å². The first kappa shape index (κ1) is 12.7. The Bertz CT molecular complexity index is 535. The summed E-state index contributed by atoms with van der Waals surface area (Å²) in [5.74, 6) is 0. The Morgan fingerprint density at radius 3 is 3.00 bits per heavy atom. The molecule has 0 aliphatic carbocycles. The third kappa shape index (κ3) is 2.74. The third-order valence-corrected chi connectivity index (χ3v) is 3.76. The molecule has 1 nitrogen and oxygen atoms in total. The SMILES string of the molecule is [Ir].[c-]1c(C2=NCCCC=C2)sc2ccccc12. The largest absolute Gasteiger partial charge is 0.331 e. The van der Waals surface area contributed by atoms with E-state index in [9.17, 15) is 0 Å². The fourth-order valence-electron chi connectivity index (χ4n) is 1.84. The molecule has 3 rings (SSSR count). The number of hydrogen-bond acceptors (Lipinski definition) is 2. The Hall–Kier alpha value is -0.761. The number of thiophene rings is 1. The van der Waals surface area contributed by atoms with Crippen LogP contribution in [0.3, 0.4) is 0 Å². The summed E-state index contributed by atoms with van der Waals surface area (Å²) in [7, 11) is 0. The Balaban J connectivity index is 0.00000108. The molecule has 2 aromatic rings. The molecule has 0 N–H and O–H groups in total. The van der Waals surface area contributed by atoms with Crippen LogP contribution in [0.4, 0.5) is 0 Å². The number of allylic oxidation sites excluding steroid dienone is 2. The summed E-state index contributed by atoms with van der Waals surface area (Å²) in [5.41, 5.74) is 1.10. The number of fused-ring (bicyclic) bond motifs is 1. The molecule has 1 aromatic carbocycles. The van der Waals surface area contributed by atoms with Gasteiger partial charge in [0.2, 0.25) is 0 Å². The molecule has 0 saturated heterocycles. The van der Waals surface area contributed by atoms with Gasteiger partial charge < -0.3 is 4.99 Å². The van der Waals surface area contributed by atoms with Gasteiger partial charge in [-0.15, -0.1) is 23.6 Å². The zero-order valence-electron chi connectivity index (χ0n) is 9.27. The number of hydrogen-bond donors (Lipinski definition) is 0. The van der Waals surface area contributed by atoms with Crippen molar-refractivity contribution in [2.45, 2.75) is 12.8 Å². The maximum atomic E-state index is 4.60. The van der Waals surface area contributed by atoms with Crippen LogP contribution in [0.5, 0.6) is 0 Å². The predicted octanol–water partition coefficient (Wildman–Crippen LogP) is 3.84. The Morgan fingerprint density at radius 2 is 2.12 bits per heavy atom. The maximum Gasteiger partial charge on any atom is 0.0292 e. The van der Waals surface area contributed by atoms with Gasteiger partial charge in [-0.05, 0) is 22.4 Å². The van der Waals surface area contributed by atoms with E-state index in [1.54, 1.807) is 11.3 Å². The minimum Gasteiger partial charge on any atom is -0.331 e. The fraction of sp³-hybridized carbons (Fsp3) is 0.214. The van der Waals surface area contributed by atoms with Gasteiger partial charge in [-0.3, -0.25) is 0 Å². The maximum absolute atomic E-state index is 4.60. The van der Waals surface area contributed by atoms with Gasteiger partial charge >= 0.3 is 0 Å². The average Bonchev–Trinajstić information content (AvgIpc) is 2.56. The van der Waals surface area contributed by atoms with Gasteiger partial charge in [-0.25, -0.2) is 11.3 Å². The number of rotatable bonds is 1. The molecule has 2 heterocycles. The number of nitrogens with zero attached hydrogens (tertiary/aromatic N) is 1. The summed E-state index contributed by atoms with van der Waals surface area (Å²) in [4.78, 5) is 5.76. The first-order valence-corrected chi connectivity index (χ1v) is 6.37. The molecule has 0 amide bonds. The van der Waals surface area contributed by atoms with Crippen LogP contribution in [0, 0.1) is 6.07 Å². The predicted molar refractivity (Wildman–Crippen MR) is 70.4 cm³/mol. The van der Waals surface area contributed by atoms with Crippen molar-refractivity contribution in [3.8, 4) is 0 Å². The van der Waals surface area contributed by atoms with Crippen molar-refractivity contribution in [2.24, 2.45) is 4.99 Å². The van der Waals surface area contributed by atoms with Crippen molar-refractivity contribution in [3.63, 3.8) is 0 Å². The van der Waals surface area contributed by atoms with Gasteiger partial charge in [-0.2, -0.15) is 0 Å². The molecule has 0 unspecified atom stereocenters. The molecule has 3 heteroatoms. The quantitative estimate of drug-likeness (QED) is 0.624. The third-order valence-electron chi connectivity index (χ3n) is 2.67. The molecular formula is C14H12IrNS-. The van der Waals surface area contributed by atoms with Crippen molar-refractivity contribution in [2.75, 3.05) is 6.54 Å². The van der Waals surface area contributed by atoms with Gasteiger partial charge in [0.25, 0.3) is 0 Å². The second-order valence-electron chi connectivity index (χ2n) is 3.86. The van der Waals surface area contributed by atoms with E-state index < -0.39 is 0 Å². The molecule has 89 valence electrons. The second kappa shape index (κ2) is 5.72. The molecule has 0 atom stereocenters. The summed E-state index contributed by atoms with van der Waals surface area (Å²) in [5, 5.41) is 1.20. The molecule has 0 spiro atoms.